The van der Waals surface area contributed by atoms with E-state index in [4.69, 9.17) is 19.4 Å². The molecular weight excluding hydrogens is 390 g/mol. The summed E-state index contributed by atoms with van der Waals surface area (Å²) in [6.45, 7) is 3.99. The van der Waals surface area contributed by atoms with E-state index in [1.54, 1.807) is 23.6 Å². The van der Waals surface area contributed by atoms with E-state index in [-0.39, 0.29) is 0 Å². The molecule has 1 fully saturated rings. The lowest BCUT2D eigenvalue weighted by atomic mass is 10.2. The Hall–Kier alpha value is -2.49. The summed E-state index contributed by atoms with van der Waals surface area (Å²) in [5, 5.41) is 4.53. The summed E-state index contributed by atoms with van der Waals surface area (Å²) >= 11 is 1.78. The minimum atomic E-state index is -0.393. The zero-order valence-corrected chi connectivity index (χ0v) is 17.1. The Labute approximate surface area is 172 Å². The largest absolute Gasteiger partial charge is 0.464 e. The van der Waals surface area contributed by atoms with Gasteiger partial charge in [0.2, 0.25) is 0 Å². The maximum atomic E-state index is 11.8. The van der Waals surface area contributed by atoms with Gasteiger partial charge in [-0.2, -0.15) is 0 Å². The van der Waals surface area contributed by atoms with Crippen LogP contribution in [-0.2, 0) is 28.9 Å². The second-order valence-electron chi connectivity index (χ2n) is 7.33. The van der Waals surface area contributed by atoms with E-state index in [1.807, 2.05) is 0 Å². The molecule has 0 saturated carbocycles. The molecule has 152 valence electrons. The maximum Gasteiger partial charge on any atom is 0.354 e. The van der Waals surface area contributed by atoms with Gasteiger partial charge in [-0.3, -0.25) is 4.90 Å². The second-order valence-corrected chi connectivity index (χ2v) is 8.42. The van der Waals surface area contributed by atoms with Gasteiger partial charge in [0.25, 0.3) is 0 Å². The first-order valence-corrected chi connectivity index (χ1v) is 10.7. The van der Waals surface area contributed by atoms with Gasteiger partial charge in [-0.05, 0) is 30.9 Å². The van der Waals surface area contributed by atoms with Crippen molar-refractivity contribution >= 4 is 39.0 Å². The van der Waals surface area contributed by atoms with Crippen molar-refractivity contribution in [1.82, 2.24) is 19.9 Å². The quantitative estimate of drug-likeness (QED) is 0.621. The number of morpholine rings is 1. The molecule has 1 aliphatic carbocycles. The molecule has 0 radical (unpaired) electrons. The number of aromatic amines is 1. The molecule has 0 unspecified atom stereocenters. The number of hydrogen-bond acceptors (Lipinski definition) is 8. The summed E-state index contributed by atoms with van der Waals surface area (Å²) in [6, 6.07) is 1.74. The zero-order chi connectivity index (χ0) is 19.8. The smallest absolute Gasteiger partial charge is 0.354 e. The van der Waals surface area contributed by atoms with Crippen LogP contribution >= 0.6 is 11.3 Å². The number of carbonyl (C=O) groups excluding carboxylic acids is 1. The molecule has 0 atom stereocenters. The van der Waals surface area contributed by atoms with E-state index in [1.165, 1.54) is 24.0 Å². The van der Waals surface area contributed by atoms with Crippen molar-refractivity contribution in [3.05, 3.63) is 34.2 Å². The van der Waals surface area contributed by atoms with Crippen LogP contribution in [0.2, 0.25) is 0 Å². The molecule has 3 aromatic rings. The third-order valence-electron chi connectivity index (χ3n) is 5.43. The molecule has 29 heavy (non-hydrogen) atoms. The molecule has 0 amide bonds. The van der Waals surface area contributed by atoms with E-state index in [0.717, 1.165) is 66.7 Å². The Morgan fingerprint density at radius 3 is 3.03 bits per heavy atom. The summed E-state index contributed by atoms with van der Waals surface area (Å²) in [7, 11) is 1.37. The van der Waals surface area contributed by atoms with E-state index >= 15 is 0 Å². The van der Waals surface area contributed by atoms with Crippen molar-refractivity contribution in [2.75, 3.05) is 38.7 Å². The first kappa shape index (κ1) is 18.5. The highest BCUT2D eigenvalue weighted by Crippen LogP contribution is 2.40. The van der Waals surface area contributed by atoms with Crippen molar-refractivity contribution in [1.29, 1.82) is 0 Å². The SMILES string of the molecule is COC(=O)c1cc(Nc2nc(CN3CCOCC3)nc3sc4c(c23)CCC4)c[nH]1. The van der Waals surface area contributed by atoms with Crippen LogP contribution in [0.1, 0.15) is 33.2 Å². The highest BCUT2D eigenvalue weighted by Gasteiger charge is 2.23. The van der Waals surface area contributed by atoms with Crippen molar-refractivity contribution in [2.24, 2.45) is 0 Å². The van der Waals surface area contributed by atoms with Gasteiger partial charge in [0.05, 0.1) is 37.9 Å². The number of carbonyl (C=O) groups is 1. The van der Waals surface area contributed by atoms with Crippen LogP contribution in [0.4, 0.5) is 11.5 Å². The summed E-state index contributed by atoms with van der Waals surface area (Å²) in [5.41, 5.74) is 2.55. The van der Waals surface area contributed by atoms with Gasteiger partial charge in [-0.1, -0.05) is 0 Å². The van der Waals surface area contributed by atoms with Crippen molar-refractivity contribution in [3.8, 4) is 0 Å². The number of anilines is 2. The molecule has 9 heteroatoms. The molecule has 1 aliphatic heterocycles. The standard InChI is InChI=1S/C20H23N5O3S/c1-27-20(26)14-9-12(10-21-14)22-18-17-13-3-2-4-15(13)29-19(17)24-16(23-18)11-25-5-7-28-8-6-25/h9-10,21H,2-8,11H2,1H3,(H,22,23,24). The lowest BCUT2D eigenvalue weighted by Gasteiger charge is -2.25. The number of nitrogens with zero attached hydrogens (tertiary/aromatic N) is 3. The fourth-order valence-corrected chi connectivity index (χ4v) is 5.27. The van der Waals surface area contributed by atoms with E-state index in [9.17, 15) is 4.79 Å². The fraction of sp³-hybridized carbons (Fsp3) is 0.450. The predicted octanol–water partition coefficient (Wildman–Crippen LogP) is 2.87. The molecule has 1 saturated heterocycles. The first-order valence-electron chi connectivity index (χ1n) is 9.86. The molecular formula is C20H23N5O3S. The van der Waals surface area contributed by atoms with E-state index < -0.39 is 5.97 Å². The number of ether oxygens (including phenoxy) is 2. The number of fused-ring (bicyclic) bond motifs is 3. The van der Waals surface area contributed by atoms with Crippen LogP contribution in [-0.4, -0.2) is 59.2 Å². The second kappa shape index (κ2) is 7.74. The first-order chi connectivity index (χ1) is 14.2. The Bertz CT molecular complexity index is 1050. The maximum absolute atomic E-state index is 11.8. The molecule has 3 aromatic heterocycles. The van der Waals surface area contributed by atoms with Gasteiger partial charge in [0.1, 0.15) is 22.2 Å². The number of aromatic nitrogens is 3. The summed E-state index contributed by atoms with van der Waals surface area (Å²) < 4.78 is 10.2. The number of rotatable bonds is 5. The van der Waals surface area contributed by atoms with Gasteiger partial charge in [0, 0.05) is 24.2 Å². The number of thiophene rings is 1. The number of hydrogen-bond donors (Lipinski definition) is 2. The van der Waals surface area contributed by atoms with E-state index in [2.05, 4.69) is 15.2 Å². The lowest BCUT2D eigenvalue weighted by molar-refractivity contribution is 0.0331. The monoisotopic (exact) mass is 413 g/mol. The number of H-pyrrole nitrogens is 1. The number of methoxy groups -OCH3 is 1. The minimum absolute atomic E-state index is 0.393. The average Bonchev–Trinajstić information content (AvgIpc) is 3.44. The third kappa shape index (κ3) is 3.61. The molecule has 0 spiro atoms. The Balaban J connectivity index is 1.50. The molecule has 4 heterocycles. The molecule has 0 aromatic carbocycles. The van der Waals surface area contributed by atoms with Gasteiger partial charge in [-0.15, -0.1) is 11.3 Å². The van der Waals surface area contributed by atoms with Crippen LogP contribution < -0.4 is 5.32 Å². The van der Waals surface area contributed by atoms with Crippen molar-refractivity contribution in [2.45, 2.75) is 25.8 Å². The molecule has 5 rings (SSSR count). The number of nitrogens with one attached hydrogen (secondary N) is 2. The Morgan fingerprint density at radius 2 is 2.21 bits per heavy atom. The Morgan fingerprint density at radius 1 is 1.34 bits per heavy atom. The average molecular weight is 414 g/mol. The third-order valence-corrected chi connectivity index (χ3v) is 6.62. The Kier molecular flexibility index (Phi) is 4.94. The van der Waals surface area contributed by atoms with Gasteiger partial charge < -0.3 is 19.8 Å². The lowest BCUT2D eigenvalue weighted by Crippen LogP contribution is -2.36. The predicted molar refractivity (Wildman–Crippen MR) is 111 cm³/mol. The zero-order valence-electron chi connectivity index (χ0n) is 16.3. The van der Waals surface area contributed by atoms with Gasteiger partial charge >= 0.3 is 5.97 Å². The highest BCUT2D eigenvalue weighted by atomic mass is 32.1. The normalized spacial score (nSPS) is 16.9. The topological polar surface area (TPSA) is 92.4 Å². The molecule has 2 aliphatic rings. The van der Waals surface area contributed by atoms with Crippen LogP contribution in [0.25, 0.3) is 10.2 Å². The van der Waals surface area contributed by atoms with E-state index in [0.29, 0.717) is 12.2 Å². The van der Waals surface area contributed by atoms with Crippen molar-refractivity contribution < 1.29 is 14.3 Å². The van der Waals surface area contributed by atoms with Gasteiger partial charge in [0.15, 0.2) is 0 Å². The highest BCUT2D eigenvalue weighted by molar-refractivity contribution is 7.19. The van der Waals surface area contributed by atoms with Crippen LogP contribution in [0, 0.1) is 0 Å². The minimum Gasteiger partial charge on any atom is -0.464 e. The number of aryl methyl sites for hydroxylation is 2. The summed E-state index contributed by atoms with van der Waals surface area (Å²) in [5.74, 6) is 1.23. The fourth-order valence-electron chi connectivity index (χ4n) is 3.99. The van der Waals surface area contributed by atoms with Crippen LogP contribution in [0.5, 0.6) is 0 Å². The van der Waals surface area contributed by atoms with Crippen molar-refractivity contribution in [3.63, 3.8) is 0 Å². The van der Waals surface area contributed by atoms with Crippen LogP contribution in [0.3, 0.4) is 0 Å². The summed E-state index contributed by atoms with van der Waals surface area (Å²) in [4.78, 5) is 29.3. The molecule has 8 nitrogen and oxygen atoms in total. The number of esters is 1. The van der Waals surface area contributed by atoms with Crippen LogP contribution in [0.15, 0.2) is 12.3 Å². The van der Waals surface area contributed by atoms with Gasteiger partial charge in [-0.25, -0.2) is 14.8 Å². The molecule has 2 N–H and O–H groups in total. The molecule has 0 bridgehead atoms. The summed E-state index contributed by atoms with van der Waals surface area (Å²) in [6.07, 6.45) is 5.12.